The molecule has 0 bridgehead atoms. The van der Waals surface area contributed by atoms with Gasteiger partial charge in [-0.05, 0) is 49.7 Å². The van der Waals surface area contributed by atoms with E-state index < -0.39 is 11.9 Å². The summed E-state index contributed by atoms with van der Waals surface area (Å²) in [6.45, 7) is 1.85. The van der Waals surface area contributed by atoms with Crippen LogP contribution in [0.5, 0.6) is 0 Å². The van der Waals surface area contributed by atoms with Gasteiger partial charge in [-0.2, -0.15) is 0 Å². The van der Waals surface area contributed by atoms with Gasteiger partial charge in [-0.25, -0.2) is 4.79 Å². The molecule has 0 fully saturated rings. The van der Waals surface area contributed by atoms with Crippen molar-refractivity contribution in [1.29, 1.82) is 0 Å². The standard InChI is InChI=1S/C22H23BrN2O6/c1-2-30-22(28)16-8-12-18(13-9-16)24-20(26)4-3-5-21(27)31-14-19(25-29)15-6-10-17(23)11-7-15/h6-13,29H,2-5,14H2,1H3,(H,24,26)/b25-19-. The molecule has 0 aliphatic carbocycles. The summed E-state index contributed by atoms with van der Waals surface area (Å²) in [4.78, 5) is 35.5. The first-order chi connectivity index (χ1) is 14.9. The van der Waals surface area contributed by atoms with Gasteiger partial charge in [-0.1, -0.05) is 33.2 Å². The molecule has 0 saturated carbocycles. The number of anilines is 1. The fourth-order valence-electron chi connectivity index (χ4n) is 2.55. The van der Waals surface area contributed by atoms with Crippen molar-refractivity contribution in [2.24, 2.45) is 5.16 Å². The van der Waals surface area contributed by atoms with Gasteiger partial charge in [0.1, 0.15) is 12.3 Å². The van der Waals surface area contributed by atoms with Crippen LogP contribution in [0.1, 0.15) is 42.1 Å². The Morgan fingerprint density at radius 2 is 1.61 bits per heavy atom. The van der Waals surface area contributed by atoms with E-state index in [0.29, 0.717) is 23.2 Å². The molecule has 0 unspecified atom stereocenters. The molecule has 0 atom stereocenters. The van der Waals surface area contributed by atoms with Crippen molar-refractivity contribution in [2.75, 3.05) is 18.5 Å². The minimum Gasteiger partial charge on any atom is -0.462 e. The Balaban J connectivity index is 1.71. The maximum absolute atomic E-state index is 12.0. The number of esters is 2. The van der Waals surface area contributed by atoms with Crippen molar-refractivity contribution in [2.45, 2.75) is 26.2 Å². The van der Waals surface area contributed by atoms with Crippen LogP contribution >= 0.6 is 15.9 Å². The molecule has 2 N–H and O–H groups in total. The molecule has 2 rings (SSSR count). The maximum Gasteiger partial charge on any atom is 0.338 e. The van der Waals surface area contributed by atoms with Gasteiger partial charge in [0.15, 0.2) is 0 Å². The van der Waals surface area contributed by atoms with E-state index in [1.807, 2.05) is 0 Å². The Bertz CT molecular complexity index is 926. The summed E-state index contributed by atoms with van der Waals surface area (Å²) in [5, 5.41) is 15.0. The second-order valence-corrected chi connectivity index (χ2v) is 7.33. The molecule has 31 heavy (non-hydrogen) atoms. The lowest BCUT2D eigenvalue weighted by Gasteiger charge is -2.08. The van der Waals surface area contributed by atoms with Crippen molar-refractivity contribution in [3.05, 3.63) is 64.1 Å². The molecule has 0 saturated heterocycles. The molecule has 0 heterocycles. The van der Waals surface area contributed by atoms with Crippen molar-refractivity contribution in [3.8, 4) is 0 Å². The normalized spacial score (nSPS) is 11.0. The topological polar surface area (TPSA) is 114 Å². The lowest BCUT2D eigenvalue weighted by molar-refractivity contribution is -0.142. The third kappa shape index (κ3) is 8.21. The van der Waals surface area contributed by atoms with E-state index in [2.05, 4.69) is 26.4 Å². The first-order valence-corrected chi connectivity index (χ1v) is 10.4. The van der Waals surface area contributed by atoms with Crippen LogP contribution in [-0.4, -0.2) is 42.0 Å². The second-order valence-electron chi connectivity index (χ2n) is 6.41. The number of amides is 1. The van der Waals surface area contributed by atoms with E-state index in [1.165, 1.54) is 0 Å². The molecule has 8 nitrogen and oxygen atoms in total. The van der Waals surface area contributed by atoms with Crippen LogP contribution in [0.15, 0.2) is 58.2 Å². The quantitative estimate of drug-likeness (QED) is 0.223. The van der Waals surface area contributed by atoms with Crippen LogP contribution in [0.25, 0.3) is 0 Å². The smallest absolute Gasteiger partial charge is 0.338 e. The molecule has 9 heteroatoms. The summed E-state index contributed by atoms with van der Waals surface area (Å²) in [7, 11) is 0. The first kappa shape index (κ1) is 24.1. The molecule has 0 aliphatic rings. The zero-order chi connectivity index (χ0) is 22.6. The Morgan fingerprint density at radius 3 is 2.23 bits per heavy atom. The zero-order valence-electron chi connectivity index (χ0n) is 17.0. The second kappa shape index (κ2) is 12.5. The number of oxime groups is 1. The van der Waals surface area contributed by atoms with E-state index >= 15 is 0 Å². The van der Waals surface area contributed by atoms with Crippen LogP contribution < -0.4 is 5.32 Å². The number of rotatable bonds is 10. The number of carbonyl (C=O) groups excluding carboxylic acids is 3. The van der Waals surface area contributed by atoms with E-state index in [-0.39, 0.29) is 37.7 Å². The van der Waals surface area contributed by atoms with E-state index in [0.717, 1.165) is 4.47 Å². The van der Waals surface area contributed by atoms with Gasteiger partial charge >= 0.3 is 11.9 Å². The van der Waals surface area contributed by atoms with Gasteiger partial charge in [0.25, 0.3) is 0 Å². The van der Waals surface area contributed by atoms with E-state index in [9.17, 15) is 14.4 Å². The minimum absolute atomic E-state index is 0.0499. The SMILES string of the molecule is CCOC(=O)c1ccc(NC(=O)CCCC(=O)OC/C(=N/O)c2ccc(Br)cc2)cc1. The predicted octanol–water partition coefficient (Wildman–Crippen LogP) is 4.16. The van der Waals surface area contributed by atoms with Gasteiger partial charge in [0.05, 0.1) is 12.2 Å². The third-order valence-electron chi connectivity index (χ3n) is 4.13. The number of hydrogen-bond acceptors (Lipinski definition) is 7. The number of hydrogen-bond donors (Lipinski definition) is 2. The van der Waals surface area contributed by atoms with Gasteiger partial charge in [-0.15, -0.1) is 0 Å². The Morgan fingerprint density at radius 1 is 0.968 bits per heavy atom. The highest BCUT2D eigenvalue weighted by atomic mass is 79.9. The molecule has 2 aromatic rings. The highest BCUT2D eigenvalue weighted by Gasteiger charge is 2.11. The number of ether oxygens (including phenoxy) is 2. The molecule has 0 aromatic heterocycles. The molecule has 1 amide bonds. The number of nitrogens with zero attached hydrogens (tertiary/aromatic N) is 1. The van der Waals surface area contributed by atoms with Crippen molar-refractivity contribution in [1.82, 2.24) is 0 Å². The monoisotopic (exact) mass is 490 g/mol. The first-order valence-electron chi connectivity index (χ1n) is 9.62. The van der Waals surface area contributed by atoms with Crippen molar-refractivity contribution in [3.63, 3.8) is 0 Å². The van der Waals surface area contributed by atoms with E-state index in [4.69, 9.17) is 14.7 Å². The maximum atomic E-state index is 12.0. The van der Waals surface area contributed by atoms with Crippen LogP contribution in [0.4, 0.5) is 5.69 Å². The Kier molecular flexibility index (Phi) is 9.70. The lowest BCUT2D eigenvalue weighted by Crippen LogP contribution is -2.16. The van der Waals surface area contributed by atoms with Crippen molar-refractivity contribution < 1.29 is 29.1 Å². The molecular weight excluding hydrogens is 468 g/mol. The highest BCUT2D eigenvalue weighted by Crippen LogP contribution is 2.13. The Labute approximate surface area is 188 Å². The molecule has 164 valence electrons. The summed E-state index contributed by atoms with van der Waals surface area (Å²) >= 11 is 3.32. The fraction of sp³-hybridized carbons (Fsp3) is 0.273. The third-order valence-corrected chi connectivity index (χ3v) is 4.66. The van der Waals surface area contributed by atoms with Crippen molar-refractivity contribution >= 4 is 45.2 Å². The molecular formula is C22H23BrN2O6. The summed E-state index contributed by atoms with van der Waals surface area (Å²) in [6, 6.07) is 13.4. The lowest BCUT2D eigenvalue weighted by atomic mass is 10.1. The molecule has 2 aromatic carbocycles. The number of benzene rings is 2. The van der Waals surface area contributed by atoms with Gasteiger partial charge in [-0.3, -0.25) is 9.59 Å². The van der Waals surface area contributed by atoms with Crippen LogP contribution in [0.3, 0.4) is 0 Å². The van der Waals surface area contributed by atoms with Crippen LogP contribution in [-0.2, 0) is 19.1 Å². The average Bonchev–Trinajstić information content (AvgIpc) is 2.76. The summed E-state index contributed by atoms with van der Waals surface area (Å²) in [6.07, 6.45) is 0.478. The number of halogens is 1. The summed E-state index contributed by atoms with van der Waals surface area (Å²) in [5.74, 6) is -1.18. The summed E-state index contributed by atoms with van der Waals surface area (Å²) in [5.41, 5.74) is 1.80. The fourth-order valence-corrected chi connectivity index (χ4v) is 2.82. The minimum atomic E-state index is -0.496. The Hall–Kier alpha value is -3.20. The molecule has 0 radical (unpaired) electrons. The van der Waals surface area contributed by atoms with Gasteiger partial charge in [0.2, 0.25) is 5.91 Å². The van der Waals surface area contributed by atoms with Crippen LogP contribution in [0, 0.1) is 0 Å². The van der Waals surface area contributed by atoms with Crippen LogP contribution in [0.2, 0.25) is 0 Å². The highest BCUT2D eigenvalue weighted by molar-refractivity contribution is 9.10. The number of nitrogens with one attached hydrogen (secondary N) is 1. The largest absolute Gasteiger partial charge is 0.462 e. The van der Waals surface area contributed by atoms with E-state index in [1.54, 1.807) is 55.5 Å². The average molecular weight is 491 g/mol. The van der Waals surface area contributed by atoms with Gasteiger partial charge < -0.3 is 20.0 Å². The predicted molar refractivity (Wildman–Crippen MR) is 118 cm³/mol. The molecule has 0 aliphatic heterocycles. The molecule has 0 spiro atoms. The number of carbonyl (C=O) groups is 3. The summed E-state index contributed by atoms with van der Waals surface area (Å²) < 4.78 is 10.9. The van der Waals surface area contributed by atoms with Gasteiger partial charge in [0, 0.05) is 28.6 Å². The zero-order valence-corrected chi connectivity index (χ0v) is 18.6.